The van der Waals surface area contributed by atoms with Gasteiger partial charge in [-0.05, 0) is 19.1 Å². The van der Waals surface area contributed by atoms with E-state index in [9.17, 15) is 0 Å². The van der Waals surface area contributed by atoms with Gasteiger partial charge >= 0.3 is 0 Å². The summed E-state index contributed by atoms with van der Waals surface area (Å²) in [5.74, 6) is 1.63. The zero-order valence-corrected chi connectivity index (χ0v) is 14.4. The lowest BCUT2D eigenvalue weighted by Gasteiger charge is -2.36. The van der Waals surface area contributed by atoms with E-state index in [-0.39, 0.29) is 6.04 Å². The lowest BCUT2D eigenvalue weighted by atomic mass is 10.0. The molecule has 0 amide bonds. The van der Waals surface area contributed by atoms with Crippen molar-refractivity contribution in [3.63, 3.8) is 0 Å². The molecule has 5 heteroatoms. The molecule has 1 unspecified atom stereocenters. The molecule has 1 aliphatic heterocycles. The van der Waals surface area contributed by atoms with Crippen molar-refractivity contribution in [2.24, 2.45) is 0 Å². The number of benzene rings is 1. The Labute approximate surface area is 143 Å². The average molecular weight is 327 g/mol. The maximum atomic E-state index is 5.56. The van der Waals surface area contributed by atoms with Crippen LogP contribution in [-0.2, 0) is 6.54 Å². The van der Waals surface area contributed by atoms with Crippen LogP contribution in [0.15, 0.2) is 42.5 Å². The summed E-state index contributed by atoms with van der Waals surface area (Å²) in [7, 11) is 1.73. The number of nitrogens with zero attached hydrogens (tertiary/aromatic N) is 2. The summed E-state index contributed by atoms with van der Waals surface area (Å²) in [6, 6.07) is 14.5. The first-order chi connectivity index (χ1) is 11.8. The van der Waals surface area contributed by atoms with Gasteiger partial charge in [-0.3, -0.25) is 4.90 Å². The predicted molar refractivity (Wildman–Crippen MR) is 94.4 cm³/mol. The molecule has 24 heavy (non-hydrogen) atoms. The molecule has 1 aliphatic rings. The van der Waals surface area contributed by atoms with Crippen molar-refractivity contribution in [1.29, 1.82) is 0 Å². The molecular formula is C19H25N3O2. The number of hydrogen-bond acceptors (Lipinski definition) is 5. The zero-order valence-electron chi connectivity index (χ0n) is 14.4. The third-order valence-corrected chi connectivity index (χ3v) is 4.29. The minimum Gasteiger partial charge on any atom is -0.496 e. The van der Waals surface area contributed by atoms with Crippen LogP contribution < -0.4 is 14.8 Å². The molecule has 1 saturated heterocycles. The van der Waals surface area contributed by atoms with E-state index >= 15 is 0 Å². The highest BCUT2D eigenvalue weighted by molar-refractivity contribution is 5.36. The van der Waals surface area contributed by atoms with Crippen LogP contribution in [0.25, 0.3) is 0 Å². The summed E-state index contributed by atoms with van der Waals surface area (Å²) >= 11 is 0. The standard InChI is InChI=1S/C19H25N3O2/c1-3-24-19-10-6-7-15(21-19)14-22-12-11-20-13-17(22)16-8-4-5-9-18(16)23-2/h4-10,17,20H,3,11-14H2,1-2H3. The highest BCUT2D eigenvalue weighted by Gasteiger charge is 2.26. The van der Waals surface area contributed by atoms with Crippen molar-refractivity contribution in [2.45, 2.75) is 19.5 Å². The number of piperazine rings is 1. The Morgan fingerprint density at radius 3 is 2.92 bits per heavy atom. The number of pyridine rings is 1. The van der Waals surface area contributed by atoms with E-state index in [2.05, 4.69) is 33.4 Å². The Kier molecular flexibility index (Phi) is 5.67. The number of ether oxygens (including phenoxy) is 2. The van der Waals surface area contributed by atoms with Crippen molar-refractivity contribution >= 4 is 0 Å². The number of methoxy groups -OCH3 is 1. The molecule has 5 nitrogen and oxygen atoms in total. The SMILES string of the molecule is CCOc1cccc(CN2CCNCC2c2ccccc2OC)n1. The van der Waals surface area contributed by atoms with E-state index in [4.69, 9.17) is 9.47 Å². The van der Waals surface area contributed by atoms with Gasteiger partial charge in [-0.25, -0.2) is 4.98 Å². The molecule has 0 bridgehead atoms. The fourth-order valence-electron chi connectivity index (χ4n) is 3.17. The zero-order chi connectivity index (χ0) is 16.8. The van der Waals surface area contributed by atoms with Crippen LogP contribution in [0.4, 0.5) is 0 Å². The fourth-order valence-corrected chi connectivity index (χ4v) is 3.17. The molecule has 2 aromatic rings. The monoisotopic (exact) mass is 327 g/mol. The molecule has 1 aromatic carbocycles. The number of rotatable bonds is 6. The van der Waals surface area contributed by atoms with Crippen LogP contribution in [-0.4, -0.2) is 43.2 Å². The smallest absolute Gasteiger partial charge is 0.213 e. The molecule has 0 radical (unpaired) electrons. The molecule has 1 fully saturated rings. The van der Waals surface area contributed by atoms with E-state index in [1.54, 1.807) is 7.11 Å². The summed E-state index contributed by atoms with van der Waals surface area (Å²) in [4.78, 5) is 7.06. The molecule has 1 aromatic heterocycles. The normalized spacial score (nSPS) is 18.3. The lowest BCUT2D eigenvalue weighted by Crippen LogP contribution is -2.45. The third-order valence-electron chi connectivity index (χ3n) is 4.29. The quantitative estimate of drug-likeness (QED) is 0.884. The van der Waals surface area contributed by atoms with E-state index in [0.29, 0.717) is 12.5 Å². The second kappa shape index (κ2) is 8.13. The summed E-state index contributed by atoms with van der Waals surface area (Å²) in [6.07, 6.45) is 0. The summed E-state index contributed by atoms with van der Waals surface area (Å²) in [6.45, 7) is 6.27. The second-order valence-corrected chi connectivity index (χ2v) is 5.83. The van der Waals surface area contributed by atoms with Crippen LogP contribution in [0, 0.1) is 0 Å². The number of hydrogen-bond donors (Lipinski definition) is 1. The molecule has 1 N–H and O–H groups in total. The first-order valence-electron chi connectivity index (χ1n) is 8.48. The van der Waals surface area contributed by atoms with Gasteiger partial charge in [0.25, 0.3) is 0 Å². The maximum Gasteiger partial charge on any atom is 0.213 e. The highest BCUT2D eigenvalue weighted by Crippen LogP contribution is 2.31. The van der Waals surface area contributed by atoms with Gasteiger partial charge in [-0.2, -0.15) is 0 Å². The van der Waals surface area contributed by atoms with Crippen molar-refractivity contribution < 1.29 is 9.47 Å². The number of aromatic nitrogens is 1. The topological polar surface area (TPSA) is 46.6 Å². The van der Waals surface area contributed by atoms with Gasteiger partial charge < -0.3 is 14.8 Å². The number of para-hydroxylation sites is 1. The summed E-state index contributed by atoms with van der Waals surface area (Å²) < 4.78 is 11.1. The van der Waals surface area contributed by atoms with Crippen LogP contribution >= 0.6 is 0 Å². The minimum atomic E-state index is 0.271. The van der Waals surface area contributed by atoms with Gasteiger partial charge in [0.2, 0.25) is 5.88 Å². The molecule has 0 saturated carbocycles. The van der Waals surface area contributed by atoms with E-state index < -0.39 is 0 Å². The Balaban J connectivity index is 1.81. The average Bonchev–Trinajstić information content (AvgIpc) is 2.63. The molecule has 3 rings (SSSR count). The van der Waals surface area contributed by atoms with Gasteiger partial charge in [0.1, 0.15) is 5.75 Å². The third kappa shape index (κ3) is 3.86. The molecular weight excluding hydrogens is 302 g/mol. The van der Waals surface area contributed by atoms with Gasteiger partial charge in [0.15, 0.2) is 0 Å². The molecule has 2 heterocycles. The van der Waals surface area contributed by atoms with Crippen LogP contribution in [0.3, 0.4) is 0 Å². The van der Waals surface area contributed by atoms with Crippen molar-refractivity contribution in [1.82, 2.24) is 15.2 Å². The molecule has 0 spiro atoms. The van der Waals surface area contributed by atoms with Crippen molar-refractivity contribution in [2.75, 3.05) is 33.4 Å². The Morgan fingerprint density at radius 1 is 1.21 bits per heavy atom. The van der Waals surface area contributed by atoms with Crippen molar-refractivity contribution in [3.8, 4) is 11.6 Å². The Morgan fingerprint density at radius 2 is 2.08 bits per heavy atom. The van der Waals surface area contributed by atoms with Gasteiger partial charge in [-0.1, -0.05) is 24.3 Å². The number of nitrogens with one attached hydrogen (secondary N) is 1. The second-order valence-electron chi connectivity index (χ2n) is 5.83. The molecule has 0 aliphatic carbocycles. The molecule has 1 atom stereocenters. The van der Waals surface area contributed by atoms with E-state index in [0.717, 1.165) is 37.6 Å². The van der Waals surface area contributed by atoms with Crippen molar-refractivity contribution in [3.05, 3.63) is 53.7 Å². The largest absolute Gasteiger partial charge is 0.496 e. The van der Waals surface area contributed by atoms with Crippen LogP contribution in [0.5, 0.6) is 11.6 Å². The summed E-state index contributed by atoms with van der Waals surface area (Å²) in [5.41, 5.74) is 2.25. The first kappa shape index (κ1) is 16.7. The highest BCUT2D eigenvalue weighted by atomic mass is 16.5. The minimum absolute atomic E-state index is 0.271. The van der Waals surface area contributed by atoms with Crippen LogP contribution in [0.2, 0.25) is 0 Å². The molecule has 128 valence electrons. The van der Waals surface area contributed by atoms with Crippen LogP contribution in [0.1, 0.15) is 24.2 Å². The fraction of sp³-hybridized carbons (Fsp3) is 0.421. The van der Waals surface area contributed by atoms with Gasteiger partial charge in [0, 0.05) is 37.8 Å². The van der Waals surface area contributed by atoms with Gasteiger partial charge in [-0.15, -0.1) is 0 Å². The lowest BCUT2D eigenvalue weighted by molar-refractivity contribution is 0.149. The Bertz CT molecular complexity index is 663. The summed E-state index contributed by atoms with van der Waals surface area (Å²) in [5, 5.41) is 3.49. The van der Waals surface area contributed by atoms with E-state index in [1.165, 1.54) is 5.56 Å². The maximum absolute atomic E-state index is 5.56. The predicted octanol–water partition coefficient (Wildman–Crippen LogP) is 2.64. The van der Waals surface area contributed by atoms with Gasteiger partial charge in [0.05, 0.1) is 25.5 Å². The van der Waals surface area contributed by atoms with E-state index in [1.807, 2.05) is 31.2 Å². The Hall–Kier alpha value is -2.11. The first-order valence-corrected chi connectivity index (χ1v) is 8.48.